The van der Waals surface area contributed by atoms with Gasteiger partial charge in [0.15, 0.2) is 0 Å². The van der Waals surface area contributed by atoms with Crippen molar-refractivity contribution in [3.05, 3.63) is 36.9 Å². The molecule has 1 amide bonds. The first-order valence-corrected chi connectivity index (χ1v) is 5.60. The topological polar surface area (TPSA) is 50.4 Å². The standard InChI is InChI=1S/C13H18N2O2/c1-3-8-17-12-7-5-6-11(9-12)15-13(16)10-14-4-2/h3,5-7,9,14H,1,4,8,10H2,2H3,(H,15,16). The lowest BCUT2D eigenvalue weighted by molar-refractivity contribution is -0.115. The van der Waals surface area contributed by atoms with E-state index in [4.69, 9.17) is 4.74 Å². The van der Waals surface area contributed by atoms with Crippen LogP contribution >= 0.6 is 0 Å². The van der Waals surface area contributed by atoms with E-state index in [0.29, 0.717) is 18.9 Å². The summed E-state index contributed by atoms with van der Waals surface area (Å²) in [4.78, 5) is 11.5. The first-order chi connectivity index (χ1) is 8.26. The fourth-order valence-corrected chi connectivity index (χ4v) is 1.26. The van der Waals surface area contributed by atoms with Crippen molar-refractivity contribution in [2.75, 3.05) is 25.0 Å². The SMILES string of the molecule is C=CCOc1cccc(NC(=O)CNCC)c1. The van der Waals surface area contributed by atoms with Crippen LogP contribution in [0.15, 0.2) is 36.9 Å². The predicted molar refractivity (Wildman–Crippen MR) is 69.3 cm³/mol. The maximum absolute atomic E-state index is 11.5. The molecule has 92 valence electrons. The highest BCUT2D eigenvalue weighted by Crippen LogP contribution is 2.17. The van der Waals surface area contributed by atoms with Gasteiger partial charge in [0.05, 0.1) is 6.54 Å². The molecule has 0 aromatic heterocycles. The van der Waals surface area contributed by atoms with Gasteiger partial charge in [-0.2, -0.15) is 0 Å². The largest absolute Gasteiger partial charge is 0.489 e. The van der Waals surface area contributed by atoms with Crippen LogP contribution in [0.1, 0.15) is 6.92 Å². The van der Waals surface area contributed by atoms with Crippen molar-refractivity contribution in [3.63, 3.8) is 0 Å². The highest BCUT2D eigenvalue weighted by molar-refractivity contribution is 5.92. The van der Waals surface area contributed by atoms with Crippen LogP contribution in [0.4, 0.5) is 5.69 Å². The third kappa shape index (κ3) is 5.17. The van der Waals surface area contributed by atoms with Gasteiger partial charge in [-0.05, 0) is 18.7 Å². The molecule has 4 heteroatoms. The average molecular weight is 234 g/mol. The van der Waals surface area contributed by atoms with Crippen LogP contribution in [0.3, 0.4) is 0 Å². The lowest BCUT2D eigenvalue weighted by atomic mass is 10.3. The summed E-state index contributed by atoms with van der Waals surface area (Å²) in [5.41, 5.74) is 0.731. The number of benzene rings is 1. The molecule has 0 radical (unpaired) electrons. The Hall–Kier alpha value is -1.81. The molecule has 1 aromatic rings. The summed E-state index contributed by atoms with van der Waals surface area (Å²) in [5.74, 6) is 0.652. The Balaban J connectivity index is 2.52. The molecule has 0 saturated heterocycles. The van der Waals surface area contributed by atoms with Gasteiger partial charge >= 0.3 is 0 Å². The van der Waals surface area contributed by atoms with E-state index < -0.39 is 0 Å². The van der Waals surface area contributed by atoms with Crippen molar-refractivity contribution in [1.29, 1.82) is 0 Å². The maximum Gasteiger partial charge on any atom is 0.238 e. The van der Waals surface area contributed by atoms with Gasteiger partial charge in [0.1, 0.15) is 12.4 Å². The number of likely N-dealkylation sites (N-methyl/N-ethyl adjacent to an activating group) is 1. The van der Waals surface area contributed by atoms with E-state index in [2.05, 4.69) is 17.2 Å². The second kappa shape index (κ2) is 7.46. The zero-order chi connectivity index (χ0) is 12.5. The molecular formula is C13H18N2O2. The summed E-state index contributed by atoms with van der Waals surface area (Å²) < 4.78 is 5.37. The van der Waals surface area contributed by atoms with Gasteiger partial charge in [-0.1, -0.05) is 25.6 Å². The lowest BCUT2D eigenvalue weighted by Gasteiger charge is -2.08. The molecule has 0 heterocycles. The van der Waals surface area contributed by atoms with E-state index in [1.54, 1.807) is 12.1 Å². The molecule has 2 N–H and O–H groups in total. The van der Waals surface area contributed by atoms with Gasteiger partial charge in [0.2, 0.25) is 5.91 Å². The number of amides is 1. The normalized spacial score (nSPS) is 9.71. The van der Waals surface area contributed by atoms with Crippen molar-refractivity contribution in [2.24, 2.45) is 0 Å². The number of hydrogen-bond acceptors (Lipinski definition) is 3. The van der Waals surface area contributed by atoms with Gasteiger partial charge in [-0.25, -0.2) is 0 Å². The predicted octanol–water partition coefficient (Wildman–Crippen LogP) is 1.80. The fraction of sp³-hybridized carbons (Fsp3) is 0.308. The number of anilines is 1. The van der Waals surface area contributed by atoms with Crippen molar-refractivity contribution >= 4 is 11.6 Å². The monoisotopic (exact) mass is 234 g/mol. The number of rotatable bonds is 7. The smallest absolute Gasteiger partial charge is 0.238 e. The molecule has 0 atom stereocenters. The summed E-state index contributed by atoms with van der Waals surface area (Å²) in [5, 5.41) is 5.75. The van der Waals surface area contributed by atoms with E-state index in [1.807, 2.05) is 25.1 Å². The molecule has 1 rings (SSSR count). The summed E-state index contributed by atoms with van der Waals surface area (Å²) in [6, 6.07) is 7.28. The van der Waals surface area contributed by atoms with Crippen LogP contribution in [-0.2, 0) is 4.79 Å². The molecule has 17 heavy (non-hydrogen) atoms. The third-order valence-electron chi connectivity index (χ3n) is 2.02. The van der Waals surface area contributed by atoms with Crippen molar-refractivity contribution in [2.45, 2.75) is 6.92 Å². The summed E-state index contributed by atoms with van der Waals surface area (Å²) >= 11 is 0. The number of carbonyl (C=O) groups is 1. The minimum absolute atomic E-state index is 0.0623. The zero-order valence-corrected chi connectivity index (χ0v) is 10.0. The number of carbonyl (C=O) groups excluding carboxylic acids is 1. The molecule has 4 nitrogen and oxygen atoms in total. The van der Waals surface area contributed by atoms with E-state index >= 15 is 0 Å². The Morgan fingerprint density at radius 3 is 3.06 bits per heavy atom. The van der Waals surface area contributed by atoms with E-state index in [9.17, 15) is 4.79 Å². The van der Waals surface area contributed by atoms with Gasteiger partial charge in [0.25, 0.3) is 0 Å². The van der Waals surface area contributed by atoms with E-state index in [0.717, 1.165) is 12.2 Å². The van der Waals surface area contributed by atoms with Crippen LogP contribution in [0.25, 0.3) is 0 Å². The minimum atomic E-state index is -0.0623. The number of hydrogen-bond donors (Lipinski definition) is 2. The molecule has 0 aliphatic carbocycles. The van der Waals surface area contributed by atoms with Gasteiger partial charge in [-0.3, -0.25) is 4.79 Å². The maximum atomic E-state index is 11.5. The lowest BCUT2D eigenvalue weighted by Crippen LogP contribution is -2.27. The van der Waals surface area contributed by atoms with Crippen molar-refractivity contribution in [1.82, 2.24) is 5.32 Å². The average Bonchev–Trinajstić information content (AvgIpc) is 2.34. The van der Waals surface area contributed by atoms with Gasteiger partial charge < -0.3 is 15.4 Å². The fourth-order valence-electron chi connectivity index (χ4n) is 1.26. The molecule has 0 aliphatic rings. The molecule has 0 unspecified atom stereocenters. The Kier molecular flexibility index (Phi) is 5.82. The molecule has 0 spiro atoms. The molecule has 0 fully saturated rings. The van der Waals surface area contributed by atoms with Crippen LogP contribution in [0.2, 0.25) is 0 Å². The number of nitrogens with one attached hydrogen (secondary N) is 2. The number of ether oxygens (including phenoxy) is 1. The second-order valence-electron chi connectivity index (χ2n) is 3.46. The first kappa shape index (κ1) is 13.3. The Morgan fingerprint density at radius 1 is 1.53 bits per heavy atom. The Labute approximate surface area is 102 Å². The molecule has 0 aliphatic heterocycles. The molecule has 0 bridgehead atoms. The van der Waals surface area contributed by atoms with Gasteiger partial charge in [-0.15, -0.1) is 0 Å². The summed E-state index contributed by atoms with van der Waals surface area (Å²) in [7, 11) is 0. The van der Waals surface area contributed by atoms with Crippen LogP contribution in [-0.4, -0.2) is 25.6 Å². The van der Waals surface area contributed by atoms with Crippen LogP contribution in [0, 0.1) is 0 Å². The Morgan fingerprint density at radius 2 is 2.35 bits per heavy atom. The van der Waals surface area contributed by atoms with Crippen molar-refractivity contribution in [3.8, 4) is 5.75 Å². The van der Waals surface area contributed by atoms with Crippen LogP contribution in [0.5, 0.6) is 5.75 Å². The molecule has 1 aromatic carbocycles. The molecule has 0 saturated carbocycles. The first-order valence-electron chi connectivity index (χ1n) is 5.60. The van der Waals surface area contributed by atoms with E-state index in [-0.39, 0.29) is 5.91 Å². The minimum Gasteiger partial charge on any atom is -0.489 e. The highest BCUT2D eigenvalue weighted by atomic mass is 16.5. The van der Waals surface area contributed by atoms with E-state index in [1.165, 1.54) is 0 Å². The van der Waals surface area contributed by atoms with Gasteiger partial charge in [0, 0.05) is 11.8 Å². The third-order valence-corrected chi connectivity index (χ3v) is 2.02. The quantitative estimate of drug-likeness (QED) is 0.707. The highest BCUT2D eigenvalue weighted by Gasteiger charge is 2.01. The second-order valence-corrected chi connectivity index (χ2v) is 3.46. The summed E-state index contributed by atoms with van der Waals surface area (Å²) in [6.45, 7) is 7.07. The summed E-state index contributed by atoms with van der Waals surface area (Å²) in [6.07, 6.45) is 1.68. The van der Waals surface area contributed by atoms with Crippen LogP contribution < -0.4 is 15.4 Å². The molecular weight excluding hydrogens is 216 g/mol. The Bertz CT molecular complexity index is 377. The van der Waals surface area contributed by atoms with Crippen molar-refractivity contribution < 1.29 is 9.53 Å². The zero-order valence-electron chi connectivity index (χ0n) is 10.0.